The zero-order chi connectivity index (χ0) is 5.56. The highest BCUT2D eigenvalue weighted by Gasteiger charge is 2.48. The van der Waals surface area contributed by atoms with Gasteiger partial charge in [-0.2, -0.15) is 0 Å². The summed E-state index contributed by atoms with van der Waals surface area (Å²) in [6.07, 6.45) is 5.98. The number of halogens is 1. The van der Waals surface area contributed by atoms with E-state index in [1.165, 1.54) is 25.7 Å². The lowest BCUT2D eigenvalue weighted by Gasteiger charge is -2.04. The Morgan fingerprint density at radius 2 is 1.50 bits per heavy atom. The fourth-order valence-electron chi connectivity index (χ4n) is 1.90. The Hall–Kier alpha value is 0.480. The average Bonchev–Trinajstić information content (AvgIpc) is 2.46. The molecule has 2 aliphatic rings. The molecule has 0 radical (unpaired) electrons. The summed E-state index contributed by atoms with van der Waals surface area (Å²) in [7, 11) is 0. The summed E-state index contributed by atoms with van der Waals surface area (Å²) < 4.78 is 0. The highest BCUT2D eigenvalue weighted by Crippen LogP contribution is 2.54. The second-order valence-corrected chi connectivity index (χ2v) is 4.11. The molecule has 2 atom stereocenters. The molecule has 0 aliphatic heterocycles. The molecule has 2 aliphatic carbocycles. The first-order valence-electron chi connectivity index (χ1n) is 3.53. The Bertz CT molecular complexity index is 88.6. The summed E-state index contributed by atoms with van der Waals surface area (Å²) in [6, 6.07) is 0. The molecular weight excluding hydrogens is 164 g/mol. The predicted molar refractivity (Wildman–Crippen MR) is 38.2 cm³/mol. The van der Waals surface area contributed by atoms with Crippen molar-refractivity contribution in [1.29, 1.82) is 0 Å². The van der Waals surface area contributed by atoms with Gasteiger partial charge in [0.25, 0.3) is 0 Å². The topological polar surface area (TPSA) is 0 Å². The summed E-state index contributed by atoms with van der Waals surface area (Å²) in [5, 5.41) is 0. The van der Waals surface area contributed by atoms with Crippen molar-refractivity contribution >= 4 is 15.9 Å². The first-order valence-corrected chi connectivity index (χ1v) is 4.45. The van der Waals surface area contributed by atoms with Crippen LogP contribution >= 0.6 is 15.9 Å². The molecule has 1 heteroatoms. The van der Waals surface area contributed by atoms with Gasteiger partial charge in [0.05, 0.1) is 0 Å². The van der Waals surface area contributed by atoms with Crippen LogP contribution in [0.2, 0.25) is 0 Å². The smallest absolute Gasteiger partial charge is 0.0208 e. The third kappa shape index (κ3) is 0.637. The van der Waals surface area contributed by atoms with Gasteiger partial charge in [-0.15, -0.1) is 0 Å². The van der Waals surface area contributed by atoms with E-state index in [0.29, 0.717) is 0 Å². The summed E-state index contributed by atoms with van der Waals surface area (Å²) >= 11 is 3.68. The predicted octanol–water partition coefficient (Wildman–Crippen LogP) is 2.57. The normalized spacial score (nSPS) is 52.9. The number of fused-ring (bicyclic) bond motifs is 1. The fraction of sp³-hybridized carbons (Fsp3) is 1.00. The Balaban J connectivity index is 1.97. The van der Waals surface area contributed by atoms with E-state index in [0.717, 1.165) is 16.7 Å². The quantitative estimate of drug-likeness (QED) is 0.496. The summed E-state index contributed by atoms with van der Waals surface area (Å²) in [4.78, 5) is 0.921. The molecule has 0 spiro atoms. The van der Waals surface area contributed by atoms with Crippen LogP contribution in [0.25, 0.3) is 0 Å². The Morgan fingerprint density at radius 3 is 1.88 bits per heavy atom. The summed E-state index contributed by atoms with van der Waals surface area (Å²) in [5.74, 6) is 2.17. The molecule has 0 saturated heterocycles. The highest BCUT2D eigenvalue weighted by molar-refractivity contribution is 9.09. The second-order valence-electron chi connectivity index (χ2n) is 3.06. The molecule has 0 unspecified atom stereocenters. The van der Waals surface area contributed by atoms with Gasteiger partial charge in [-0.25, -0.2) is 0 Å². The van der Waals surface area contributed by atoms with Crippen LogP contribution in [0.5, 0.6) is 0 Å². The Kier molecular flexibility index (Phi) is 1.14. The SMILES string of the molecule is BrC1[C@H]2CCCC[C@H]12. The van der Waals surface area contributed by atoms with Gasteiger partial charge in [0.2, 0.25) is 0 Å². The standard InChI is InChI=1S/C7H11Br/c8-7-5-3-1-2-4-6(5)7/h5-7H,1-4H2/t5-,6-/m0/s1. The zero-order valence-electron chi connectivity index (χ0n) is 4.94. The maximum absolute atomic E-state index is 3.68. The van der Waals surface area contributed by atoms with E-state index in [9.17, 15) is 0 Å². The lowest BCUT2D eigenvalue weighted by Crippen LogP contribution is -1.91. The van der Waals surface area contributed by atoms with Crippen molar-refractivity contribution < 1.29 is 0 Å². The lowest BCUT2D eigenvalue weighted by atomic mass is 10.0. The molecule has 0 heterocycles. The molecular formula is C7H11Br. The van der Waals surface area contributed by atoms with Crippen LogP contribution in [-0.4, -0.2) is 4.83 Å². The zero-order valence-corrected chi connectivity index (χ0v) is 6.52. The monoisotopic (exact) mass is 174 g/mol. The van der Waals surface area contributed by atoms with Crippen LogP contribution in [0.15, 0.2) is 0 Å². The van der Waals surface area contributed by atoms with Crippen molar-refractivity contribution in [3.63, 3.8) is 0 Å². The second kappa shape index (κ2) is 1.73. The van der Waals surface area contributed by atoms with E-state index in [4.69, 9.17) is 0 Å². The average molecular weight is 175 g/mol. The molecule has 0 aromatic heterocycles. The lowest BCUT2D eigenvalue weighted by molar-refractivity contribution is 0.480. The number of rotatable bonds is 0. The maximum atomic E-state index is 3.68. The molecule has 0 nitrogen and oxygen atoms in total. The first-order chi connectivity index (χ1) is 3.89. The number of alkyl halides is 1. The Labute approximate surface area is 58.8 Å². The highest BCUT2D eigenvalue weighted by atomic mass is 79.9. The molecule has 8 heavy (non-hydrogen) atoms. The fourth-order valence-corrected chi connectivity index (χ4v) is 3.04. The van der Waals surface area contributed by atoms with Gasteiger partial charge in [0, 0.05) is 4.83 Å². The van der Waals surface area contributed by atoms with E-state index in [-0.39, 0.29) is 0 Å². The van der Waals surface area contributed by atoms with E-state index in [1.54, 1.807) is 0 Å². The largest absolute Gasteiger partial charge is 0.0884 e. The number of hydrogen-bond acceptors (Lipinski definition) is 0. The van der Waals surface area contributed by atoms with Gasteiger partial charge in [-0.3, -0.25) is 0 Å². The van der Waals surface area contributed by atoms with E-state index < -0.39 is 0 Å². The molecule has 0 bridgehead atoms. The Morgan fingerprint density at radius 1 is 1.00 bits per heavy atom. The van der Waals surface area contributed by atoms with Crippen LogP contribution in [0.3, 0.4) is 0 Å². The van der Waals surface area contributed by atoms with Crippen LogP contribution in [0.4, 0.5) is 0 Å². The first kappa shape index (κ1) is 5.28. The molecule has 2 rings (SSSR count). The molecule has 0 aromatic carbocycles. The minimum Gasteiger partial charge on any atom is -0.0884 e. The van der Waals surface area contributed by atoms with E-state index >= 15 is 0 Å². The van der Waals surface area contributed by atoms with Crippen molar-refractivity contribution in [1.82, 2.24) is 0 Å². The van der Waals surface area contributed by atoms with Crippen LogP contribution in [0, 0.1) is 11.8 Å². The van der Waals surface area contributed by atoms with Gasteiger partial charge in [-0.1, -0.05) is 28.8 Å². The van der Waals surface area contributed by atoms with Crippen molar-refractivity contribution in [2.45, 2.75) is 30.5 Å². The third-order valence-corrected chi connectivity index (χ3v) is 3.91. The van der Waals surface area contributed by atoms with Gasteiger partial charge < -0.3 is 0 Å². The van der Waals surface area contributed by atoms with Gasteiger partial charge in [0.1, 0.15) is 0 Å². The van der Waals surface area contributed by atoms with Crippen molar-refractivity contribution in [3.05, 3.63) is 0 Å². The van der Waals surface area contributed by atoms with E-state index in [2.05, 4.69) is 15.9 Å². The summed E-state index contributed by atoms with van der Waals surface area (Å²) in [6.45, 7) is 0. The van der Waals surface area contributed by atoms with Gasteiger partial charge in [0.15, 0.2) is 0 Å². The molecule has 46 valence electrons. The molecule has 2 fully saturated rings. The molecule has 0 N–H and O–H groups in total. The van der Waals surface area contributed by atoms with Crippen molar-refractivity contribution in [2.24, 2.45) is 11.8 Å². The van der Waals surface area contributed by atoms with Crippen LogP contribution in [0.1, 0.15) is 25.7 Å². The van der Waals surface area contributed by atoms with Crippen LogP contribution in [-0.2, 0) is 0 Å². The minimum atomic E-state index is 0.921. The van der Waals surface area contributed by atoms with Gasteiger partial charge in [-0.05, 0) is 24.7 Å². The van der Waals surface area contributed by atoms with Crippen LogP contribution < -0.4 is 0 Å². The molecule has 2 saturated carbocycles. The van der Waals surface area contributed by atoms with Gasteiger partial charge >= 0.3 is 0 Å². The minimum absolute atomic E-state index is 0.921. The van der Waals surface area contributed by atoms with E-state index in [1.807, 2.05) is 0 Å². The van der Waals surface area contributed by atoms with Crippen molar-refractivity contribution in [2.75, 3.05) is 0 Å². The van der Waals surface area contributed by atoms with Crippen molar-refractivity contribution in [3.8, 4) is 0 Å². The molecule has 0 amide bonds. The molecule has 0 aromatic rings. The maximum Gasteiger partial charge on any atom is 0.0208 e. The third-order valence-electron chi connectivity index (χ3n) is 2.55. The number of hydrogen-bond donors (Lipinski definition) is 0. The summed E-state index contributed by atoms with van der Waals surface area (Å²) in [5.41, 5.74) is 0.